The molecule has 0 amide bonds. The lowest BCUT2D eigenvalue weighted by Gasteiger charge is -2.21. The van der Waals surface area contributed by atoms with Gasteiger partial charge in [-0.2, -0.15) is 0 Å². The van der Waals surface area contributed by atoms with Crippen LogP contribution in [0.2, 0.25) is 0 Å². The van der Waals surface area contributed by atoms with Gasteiger partial charge in [0.2, 0.25) is 0 Å². The lowest BCUT2D eigenvalue weighted by Crippen LogP contribution is -2.23. The summed E-state index contributed by atoms with van der Waals surface area (Å²) in [6.07, 6.45) is 13.4. The predicted molar refractivity (Wildman–Crippen MR) is 78.7 cm³/mol. The number of aliphatic hydroxyl groups is 2. The summed E-state index contributed by atoms with van der Waals surface area (Å²) in [6, 6.07) is 0. The summed E-state index contributed by atoms with van der Waals surface area (Å²) >= 11 is 0. The zero-order valence-electron chi connectivity index (χ0n) is 12.5. The van der Waals surface area contributed by atoms with E-state index in [4.69, 9.17) is 5.11 Å². The normalized spacial score (nSPS) is 19.6. The molecule has 18 heavy (non-hydrogen) atoms. The molecule has 1 atom stereocenters. The molecule has 0 spiro atoms. The minimum atomic E-state index is -0.254. The van der Waals surface area contributed by atoms with Gasteiger partial charge in [-0.3, -0.25) is 0 Å². The lowest BCUT2D eigenvalue weighted by molar-refractivity contribution is 0.0366. The molecule has 0 aromatic carbocycles. The highest BCUT2D eigenvalue weighted by atomic mass is 16.3. The van der Waals surface area contributed by atoms with Crippen LogP contribution in [-0.4, -0.2) is 21.9 Å². The molecule has 1 saturated carbocycles. The summed E-state index contributed by atoms with van der Waals surface area (Å²) in [4.78, 5) is 0. The maximum absolute atomic E-state index is 9.82. The van der Waals surface area contributed by atoms with Gasteiger partial charge < -0.3 is 10.2 Å². The minimum Gasteiger partial charge on any atom is -0.390 e. The lowest BCUT2D eigenvalue weighted by atomic mass is 9.95. The van der Waals surface area contributed by atoms with E-state index in [1.54, 1.807) is 0 Å². The first kappa shape index (κ1) is 17.7. The Morgan fingerprint density at radius 3 is 2.22 bits per heavy atom. The van der Waals surface area contributed by atoms with E-state index in [-0.39, 0.29) is 11.7 Å². The zero-order valence-corrected chi connectivity index (χ0v) is 12.5. The number of hydrogen-bond donors (Lipinski definition) is 2. The first-order chi connectivity index (χ1) is 8.58. The Hall–Kier alpha value is -0.340. The van der Waals surface area contributed by atoms with Gasteiger partial charge in [0.1, 0.15) is 0 Å². The molecule has 2 nitrogen and oxygen atoms in total. The van der Waals surface area contributed by atoms with Gasteiger partial charge in [-0.15, -0.1) is 0 Å². The van der Waals surface area contributed by atoms with Crippen molar-refractivity contribution in [2.75, 3.05) is 0 Å². The third-order valence-electron chi connectivity index (χ3n) is 3.53. The van der Waals surface area contributed by atoms with Crippen molar-refractivity contribution in [3.63, 3.8) is 0 Å². The maximum atomic E-state index is 9.82. The summed E-state index contributed by atoms with van der Waals surface area (Å²) in [5.41, 5.74) is -0.254. The second kappa shape index (κ2) is 10.6. The van der Waals surface area contributed by atoms with Crippen molar-refractivity contribution in [1.82, 2.24) is 0 Å². The fraction of sp³-hybridized carbons (Fsp3) is 0.875. The highest BCUT2D eigenvalue weighted by Gasteiger charge is 2.29. The molecule has 2 heteroatoms. The molecule has 1 fully saturated rings. The average molecular weight is 256 g/mol. The first-order valence-electron chi connectivity index (χ1n) is 7.61. The van der Waals surface area contributed by atoms with Gasteiger partial charge in [-0.1, -0.05) is 58.1 Å². The average Bonchev–Trinajstić information content (AvgIpc) is 2.76. The van der Waals surface area contributed by atoms with E-state index in [0.717, 1.165) is 32.1 Å². The van der Waals surface area contributed by atoms with Crippen molar-refractivity contribution in [3.8, 4) is 0 Å². The molecule has 1 rings (SSSR count). The molecule has 0 heterocycles. The summed E-state index contributed by atoms with van der Waals surface area (Å²) in [5.74, 6) is 0. The van der Waals surface area contributed by atoms with Gasteiger partial charge in [0, 0.05) is 0 Å². The van der Waals surface area contributed by atoms with Crippen molar-refractivity contribution < 1.29 is 10.2 Å². The van der Waals surface area contributed by atoms with Crippen LogP contribution in [0, 0.1) is 0 Å². The van der Waals surface area contributed by atoms with Crippen LogP contribution in [0.3, 0.4) is 0 Å². The SMILES string of the molecule is C/C=C/C(O)CCC.CCCCC1(O)CCCC1. The summed E-state index contributed by atoms with van der Waals surface area (Å²) in [5, 5.41) is 18.8. The fourth-order valence-corrected chi connectivity index (χ4v) is 2.40. The van der Waals surface area contributed by atoms with Crippen molar-refractivity contribution in [3.05, 3.63) is 12.2 Å². The van der Waals surface area contributed by atoms with E-state index in [2.05, 4.69) is 13.8 Å². The van der Waals surface area contributed by atoms with Crippen molar-refractivity contribution in [2.45, 2.75) is 90.3 Å². The number of hydrogen-bond acceptors (Lipinski definition) is 2. The molecule has 1 aliphatic carbocycles. The van der Waals surface area contributed by atoms with Crippen molar-refractivity contribution in [1.29, 1.82) is 0 Å². The van der Waals surface area contributed by atoms with E-state index >= 15 is 0 Å². The summed E-state index contributed by atoms with van der Waals surface area (Å²) in [7, 11) is 0. The predicted octanol–water partition coefficient (Wildman–Crippen LogP) is 4.21. The Morgan fingerprint density at radius 2 is 1.78 bits per heavy atom. The molecular weight excluding hydrogens is 224 g/mol. The smallest absolute Gasteiger partial charge is 0.0720 e. The van der Waals surface area contributed by atoms with Crippen LogP contribution in [0.25, 0.3) is 0 Å². The zero-order chi connectivity index (χ0) is 13.9. The molecule has 0 aliphatic heterocycles. The third kappa shape index (κ3) is 8.71. The van der Waals surface area contributed by atoms with Crippen molar-refractivity contribution in [2.24, 2.45) is 0 Å². The van der Waals surface area contributed by atoms with Gasteiger partial charge in [0.05, 0.1) is 11.7 Å². The summed E-state index contributed by atoms with van der Waals surface area (Å²) in [6.45, 7) is 6.16. The highest BCUT2D eigenvalue weighted by Crippen LogP contribution is 2.33. The molecular formula is C16H32O2. The molecule has 1 aliphatic rings. The van der Waals surface area contributed by atoms with E-state index in [1.807, 2.05) is 19.1 Å². The second-order valence-corrected chi connectivity index (χ2v) is 5.42. The van der Waals surface area contributed by atoms with E-state index < -0.39 is 0 Å². The van der Waals surface area contributed by atoms with Gasteiger partial charge in [-0.05, 0) is 32.6 Å². The van der Waals surface area contributed by atoms with Crippen LogP contribution in [-0.2, 0) is 0 Å². The van der Waals surface area contributed by atoms with Crippen LogP contribution in [0.4, 0.5) is 0 Å². The molecule has 1 unspecified atom stereocenters. The molecule has 0 radical (unpaired) electrons. The van der Waals surface area contributed by atoms with E-state index in [0.29, 0.717) is 0 Å². The third-order valence-corrected chi connectivity index (χ3v) is 3.53. The number of allylic oxidation sites excluding steroid dienone is 1. The summed E-state index contributed by atoms with van der Waals surface area (Å²) < 4.78 is 0. The minimum absolute atomic E-state index is 0.218. The molecule has 0 aromatic heterocycles. The molecule has 0 aromatic rings. The highest BCUT2D eigenvalue weighted by molar-refractivity contribution is 4.84. The molecule has 108 valence electrons. The van der Waals surface area contributed by atoms with E-state index in [1.165, 1.54) is 25.7 Å². The quantitative estimate of drug-likeness (QED) is 0.699. The van der Waals surface area contributed by atoms with Gasteiger partial charge in [0.25, 0.3) is 0 Å². The largest absolute Gasteiger partial charge is 0.390 e. The van der Waals surface area contributed by atoms with Crippen molar-refractivity contribution >= 4 is 0 Å². The Bertz CT molecular complexity index is 205. The van der Waals surface area contributed by atoms with E-state index in [9.17, 15) is 5.11 Å². The molecule has 0 saturated heterocycles. The number of rotatable bonds is 6. The van der Waals surface area contributed by atoms with Crippen LogP contribution in [0.5, 0.6) is 0 Å². The monoisotopic (exact) mass is 256 g/mol. The first-order valence-corrected chi connectivity index (χ1v) is 7.61. The molecule has 0 bridgehead atoms. The van der Waals surface area contributed by atoms with Crippen LogP contribution >= 0.6 is 0 Å². The number of unbranched alkanes of at least 4 members (excludes halogenated alkanes) is 1. The van der Waals surface area contributed by atoms with Crippen LogP contribution < -0.4 is 0 Å². The number of aliphatic hydroxyl groups excluding tert-OH is 1. The Balaban J connectivity index is 0.000000331. The topological polar surface area (TPSA) is 40.5 Å². The Morgan fingerprint density at radius 1 is 1.17 bits per heavy atom. The fourth-order valence-electron chi connectivity index (χ4n) is 2.40. The van der Waals surface area contributed by atoms with Gasteiger partial charge >= 0.3 is 0 Å². The maximum Gasteiger partial charge on any atom is 0.0720 e. The van der Waals surface area contributed by atoms with Gasteiger partial charge in [0.15, 0.2) is 0 Å². The Labute approximate surface area is 113 Å². The van der Waals surface area contributed by atoms with Gasteiger partial charge in [-0.25, -0.2) is 0 Å². The standard InChI is InChI=1S/C9H18O.C7H14O/c1-2-3-6-9(10)7-4-5-8-9;1-3-5-7(8)6-4-2/h10H,2-8H2,1H3;3,5,7-8H,4,6H2,1-2H3/b;5-3+. The second-order valence-electron chi connectivity index (χ2n) is 5.42. The Kier molecular flexibility index (Phi) is 10.4. The van der Waals surface area contributed by atoms with Crippen LogP contribution in [0.1, 0.15) is 78.6 Å². The molecule has 2 N–H and O–H groups in total. The van der Waals surface area contributed by atoms with Crippen LogP contribution in [0.15, 0.2) is 12.2 Å².